The van der Waals surface area contributed by atoms with Crippen LogP contribution >= 0.6 is 0 Å². The highest BCUT2D eigenvalue weighted by molar-refractivity contribution is 6.08. The highest BCUT2D eigenvalue weighted by Gasteiger charge is 2.09. The molecular weight excluding hydrogens is 202 g/mol. The number of halogens is 1. The van der Waals surface area contributed by atoms with Crippen molar-refractivity contribution in [3.8, 4) is 0 Å². The molecule has 0 aromatic heterocycles. The van der Waals surface area contributed by atoms with Crippen LogP contribution < -0.4 is 0 Å². The standard InChI is InChI=1S/C14H11FO/c1-10-7-8-12(9-13(10)15)14(16)11-5-3-2-4-6-11/h2-9H,1H3/i15-1. The zero-order chi connectivity index (χ0) is 11.5. The summed E-state index contributed by atoms with van der Waals surface area (Å²) in [5, 5.41) is 0. The van der Waals surface area contributed by atoms with Crippen molar-refractivity contribution in [1.82, 2.24) is 0 Å². The predicted molar refractivity (Wildman–Crippen MR) is 61.0 cm³/mol. The Morgan fingerprint density at radius 3 is 2.31 bits per heavy atom. The number of hydrogen-bond acceptors (Lipinski definition) is 1. The Kier molecular flexibility index (Phi) is 2.82. The summed E-state index contributed by atoms with van der Waals surface area (Å²) in [7, 11) is 0. The lowest BCUT2D eigenvalue weighted by atomic mass is 10.0. The molecule has 0 unspecified atom stereocenters. The van der Waals surface area contributed by atoms with E-state index in [-0.39, 0.29) is 11.6 Å². The van der Waals surface area contributed by atoms with Crippen molar-refractivity contribution in [2.75, 3.05) is 0 Å². The molecule has 2 aromatic rings. The van der Waals surface area contributed by atoms with E-state index in [1.807, 2.05) is 6.07 Å². The van der Waals surface area contributed by atoms with Crippen molar-refractivity contribution in [3.05, 3.63) is 71.0 Å². The lowest BCUT2D eigenvalue weighted by Gasteiger charge is -2.02. The minimum absolute atomic E-state index is 0.153. The van der Waals surface area contributed by atoms with Gasteiger partial charge in [0.1, 0.15) is 5.82 Å². The molecule has 80 valence electrons. The van der Waals surface area contributed by atoms with E-state index in [1.165, 1.54) is 6.07 Å². The smallest absolute Gasteiger partial charge is 0.193 e. The van der Waals surface area contributed by atoms with Crippen LogP contribution in [0.25, 0.3) is 0 Å². The van der Waals surface area contributed by atoms with Gasteiger partial charge in [-0.1, -0.05) is 42.5 Å². The van der Waals surface area contributed by atoms with Gasteiger partial charge in [-0.25, -0.2) is 4.39 Å². The van der Waals surface area contributed by atoms with E-state index < -0.39 is 0 Å². The van der Waals surface area contributed by atoms with E-state index in [0.717, 1.165) is 0 Å². The zero-order valence-electron chi connectivity index (χ0n) is 8.91. The second-order valence-electron chi connectivity index (χ2n) is 3.66. The Morgan fingerprint density at radius 2 is 1.69 bits per heavy atom. The quantitative estimate of drug-likeness (QED) is 0.699. The summed E-state index contributed by atoms with van der Waals surface area (Å²) in [6.07, 6.45) is 0. The fourth-order valence-corrected chi connectivity index (χ4v) is 1.49. The molecule has 0 heterocycles. The van der Waals surface area contributed by atoms with Crippen molar-refractivity contribution in [1.29, 1.82) is 0 Å². The molecule has 0 radical (unpaired) electrons. The number of ketones is 1. The van der Waals surface area contributed by atoms with Crippen molar-refractivity contribution >= 4 is 5.78 Å². The van der Waals surface area contributed by atoms with Gasteiger partial charge in [0.15, 0.2) is 5.78 Å². The third kappa shape index (κ3) is 2.01. The monoisotopic (exact) mass is 213 g/mol. The molecule has 0 aliphatic heterocycles. The molecule has 1 nitrogen and oxygen atoms in total. The van der Waals surface area contributed by atoms with Gasteiger partial charge in [-0.2, -0.15) is 0 Å². The number of rotatable bonds is 2. The average molecular weight is 213 g/mol. The Balaban J connectivity index is 2.39. The normalized spacial score (nSPS) is 10.1. The molecule has 0 saturated heterocycles. The number of carbonyl (C=O) groups excluding carboxylic acids is 1. The van der Waals surface area contributed by atoms with Crippen LogP contribution in [-0.4, -0.2) is 5.78 Å². The highest BCUT2D eigenvalue weighted by Crippen LogP contribution is 2.13. The van der Waals surface area contributed by atoms with E-state index in [9.17, 15) is 9.18 Å². The van der Waals surface area contributed by atoms with E-state index >= 15 is 0 Å². The number of hydrogen-bond donors (Lipinski definition) is 0. The fourth-order valence-electron chi connectivity index (χ4n) is 1.49. The molecule has 0 bridgehead atoms. The van der Waals surface area contributed by atoms with Gasteiger partial charge in [0.25, 0.3) is 0 Å². The van der Waals surface area contributed by atoms with Crippen LogP contribution in [0.4, 0.5) is 4.39 Å². The Bertz CT molecular complexity index is 518. The van der Waals surface area contributed by atoms with Crippen LogP contribution in [0.5, 0.6) is 0 Å². The fraction of sp³-hybridized carbons (Fsp3) is 0.0714. The van der Waals surface area contributed by atoms with Gasteiger partial charge >= 0.3 is 0 Å². The first kappa shape index (κ1) is 10.6. The lowest BCUT2D eigenvalue weighted by Crippen LogP contribution is -2.01. The van der Waals surface area contributed by atoms with Crippen LogP contribution in [0.15, 0.2) is 48.5 Å². The largest absolute Gasteiger partial charge is 0.289 e. The summed E-state index contributed by atoms with van der Waals surface area (Å²) in [6, 6.07) is 13.4. The molecule has 2 aromatic carbocycles. The minimum atomic E-state index is -0.346. The second kappa shape index (κ2) is 4.27. The van der Waals surface area contributed by atoms with E-state index in [0.29, 0.717) is 16.7 Å². The molecule has 16 heavy (non-hydrogen) atoms. The van der Waals surface area contributed by atoms with Gasteiger partial charge in [0.2, 0.25) is 0 Å². The van der Waals surface area contributed by atoms with Gasteiger partial charge in [0, 0.05) is 11.1 Å². The molecule has 2 heteroatoms. The highest BCUT2D eigenvalue weighted by atomic mass is 18.2. The first-order chi connectivity index (χ1) is 7.68. The molecule has 0 atom stereocenters. The Labute approximate surface area is 93.5 Å². The maximum atomic E-state index is 13.3. The zero-order valence-corrected chi connectivity index (χ0v) is 8.91. The average Bonchev–Trinajstić information content (AvgIpc) is 2.33. The van der Waals surface area contributed by atoms with Gasteiger partial charge in [-0.15, -0.1) is 0 Å². The Morgan fingerprint density at radius 1 is 1.00 bits per heavy atom. The van der Waals surface area contributed by atoms with E-state index in [2.05, 4.69) is 0 Å². The molecule has 0 spiro atoms. The second-order valence-corrected chi connectivity index (χ2v) is 3.66. The van der Waals surface area contributed by atoms with Crippen molar-refractivity contribution in [3.63, 3.8) is 0 Å². The summed E-state index contributed by atoms with van der Waals surface area (Å²) in [5.74, 6) is -0.499. The van der Waals surface area contributed by atoms with Crippen LogP contribution in [0.2, 0.25) is 0 Å². The molecule has 2 rings (SSSR count). The van der Waals surface area contributed by atoms with E-state index in [1.54, 1.807) is 43.3 Å². The first-order valence-electron chi connectivity index (χ1n) is 5.04. The van der Waals surface area contributed by atoms with Crippen LogP contribution in [0.1, 0.15) is 21.5 Å². The first-order valence-corrected chi connectivity index (χ1v) is 5.04. The summed E-state index contributed by atoms with van der Waals surface area (Å²) >= 11 is 0. The number of carbonyl (C=O) groups is 1. The van der Waals surface area contributed by atoms with Gasteiger partial charge in [-0.05, 0) is 18.6 Å². The van der Waals surface area contributed by atoms with Crippen molar-refractivity contribution in [2.45, 2.75) is 6.92 Å². The summed E-state index contributed by atoms with van der Waals surface area (Å²) in [5.41, 5.74) is 1.50. The van der Waals surface area contributed by atoms with Crippen LogP contribution in [0.3, 0.4) is 0 Å². The van der Waals surface area contributed by atoms with Crippen LogP contribution in [0, 0.1) is 12.7 Å². The topological polar surface area (TPSA) is 17.1 Å². The maximum Gasteiger partial charge on any atom is 0.193 e. The molecular formula is C14H11FO. The minimum Gasteiger partial charge on any atom is -0.289 e. The SMILES string of the molecule is Cc1ccc(C(=O)c2ccccc2)cc1[18F]. The van der Waals surface area contributed by atoms with Gasteiger partial charge < -0.3 is 0 Å². The van der Waals surface area contributed by atoms with Crippen molar-refractivity contribution < 1.29 is 9.18 Å². The van der Waals surface area contributed by atoms with E-state index in [4.69, 9.17) is 0 Å². The predicted octanol–water partition coefficient (Wildman–Crippen LogP) is 3.37. The molecule has 0 saturated carbocycles. The van der Waals surface area contributed by atoms with Gasteiger partial charge in [-0.3, -0.25) is 4.79 Å². The van der Waals surface area contributed by atoms with Gasteiger partial charge in [0.05, 0.1) is 0 Å². The third-order valence-electron chi connectivity index (χ3n) is 2.47. The molecule has 0 fully saturated rings. The summed E-state index contributed by atoms with van der Waals surface area (Å²) < 4.78 is 13.3. The lowest BCUT2D eigenvalue weighted by molar-refractivity contribution is 0.103. The maximum absolute atomic E-state index is 13.3. The number of benzene rings is 2. The molecule has 0 aliphatic carbocycles. The van der Waals surface area contributed by atoms with Crippen LogP contribution in [-0.2, 0) is 0 Å². The number of aryl methyl sites for hydroxylation is 1. The Hall–Kier alpha value is -1.96. The molecule has 0 amide bonds. The summed E-state index contributed by atoms with van der Waals surface area (Å²) in [6.45, 7) is 1.67. The summed E-state index contributed by atoms with van der Waals surface area (Å²) in [4.78, 5) is 11.9. The van der Waals surface area contributed by atoms with Crippen molar-refractivity contribution in [2.24, 2.45) is 0 Å². The molecule has 0 N–H and O–H groups in total. The molecule has 0 aliphatic rings. The third-order valence-corrected chi connectivity index (χ3v) is 2.47.